The van der Waals surface area contributed by atoms with E-state index in [9.17, 15) is 5.21 Å². The van der Waals surface area contributed by atoms with Crippen LogP contribution in [0.3, 0.4) is 0 Å². The van der Waals surface area contributed by atoms with E-state index in [1.807, 2.05) is 27.7 Å². The molecule has 0 saturated heterocycles. The zero-order chi connectivity index (χ0) is 11.2. The minimum absolute atomic E-state index is 0.112. The molecule has 0 heterocycles. The highest BCUT2D eigenvalue weighted by Crippen LogP contribution is 2.16. The number of hydroxylamine groups is 3. The molecule has 1 N–H and O–H groups in total. The molecule has 0 amide bonds. The maximum Gasteiger partial charge on any atom is 0.113 e. The topological polar surface area (TPSA) is 29.5 Å². The Labute approximate surface area is 87.5 Å². The summed E-state index contributed by atoms with van der Waals surface area (Å²) >= 11 is 0. The Bertz CT molecular complexity index is 159. The third-order valence-electron chi connectivity index (χ3n) is 2.68. The Morgan fingerprint density at radius 1 is 1.29 bits per heavy atom. The van der Waals surface area contributed by atoms with Crippen molar-refractivity contribution in [2.24, 2.45) is 0 Å². The molecule has 14 heavy (non-hydrogen) atoms. The van der Waals surface area contributed by atoms with Crippen molar-refractivity contribution in [3.05, 3.63) is 12.8 Å². The second-order valence-electron chi connectivity index (χ2n) is 4.19. The quantitative estimate of drug-likeness (QED) is 0.297. The summed E-state index contributed by atoms with van der Waals surface area (Å²) < 4.78 is 5.14. The molecule has 0 unspecified atom stereocenters. The Balaban J connectivity index is 4.04. The zero-order valence-corrected chi connectivity index (χ0v) is 9.86. The lowest BCUT2D eigenvalue weighted by Gasteiger charge is -2.37. The molecule has 0 spiro atoms. The molecule has 0 aromatic carbocycles. The van der Waals surface area contributed by atoms with Crippen LogP contribution in [0.4, 0.5) is 0 Å². The standard InChI is InChI=1S/C11H24NO2/c1-6-14-9-7-8-12(13,10(2)3)11(4)5/h6,10-11,13H,1,7-9H2,2-5H3/q+1. The highest BCUT2D eigenvalue weighted by Gasteiger charge is 2.32. The predicted molar refractivity (Wildman–Crippen MR) is 58.0 cm³/mol. The van der Waals surface area contributed by atoms with E-state index in [1.54, 1.807) is 0 Å². The summed E-state index contributed by atoms with van der Waals surface area (Å²) in [6.45, 7) is 13.0. The first kappa shape index (κ1) is 13.5. The van der Waals surface area contributed by atoms with Gasteiger partial charge in [-0.15, -0.1) is 0 Å². The van der Waals surface area contributed by atoms with Gasteiger partial charge in [-0.1, -0.05) is 6.58 Å². The van der Waals surface area contributed by atoms with Gasteiger partial charge in [0.2, 0.25) is 0 Å². The van der Waals surface area contributed by atoms with Gasteiger partial charge in [0.05, 0.1) is 12.9 Å². The van der Waals surface area contributed by atoms with Crippen molar-refractivity contribution >= 4 is 0 Å². The molecule has 0 saturated carbocycles. The van der Waals surface area contributed by atoms with Gasteiger partial charge in [0.25, 0.3) is 0 Å². The summed E-state index contributed by atoms with van der Waals surface area (Å²) in [5, 5.41) is 10.3. The van der Waals surface area contributed by atoms with E-state index >= 15 is 0 Å². The highest BCUT2D eigenvalue weighted by molar-refractivity contribution is 4.51. The minimum Gasteiger partial charge on any atom is -0.502 e. The van der Waals surface area contributed by atoms with Crippen LogP contribution in [0.2, 0.25) is 0 Å². The van der Waals surface area contributed by atoms with Crippen LogP contribution in [0.15, 0.2) is 12.8 Å². The van der Waals surface area contributed by atoms with Crippen molar-refractivity contribution in [2.75, 3.05) is 13.2 Å². The van der Waals surface area contributed by atoms with Crippen molar-refractivity contribution in [1.82, 2.24) is 0 Å². The van der Waals surface area contributed by atoms with Crippen molar-refractivity contribution < 1.29 is 14.6 Å². The van der Waals surface area contributed by atoms with Gasteiger partial charge in [-0.25, -0.2) is 5.21 Å². The lowest BCUT2D eigenvalue weighted by molar-refractivity contribution is -1.13. The number of hydrogen-bond donors (Lipinski definition) is 1. The molecule has 84 valence electrons. The van der Waals surface area contributed by atoms with Crippen LogP contribution < -0.4 is 0 Å². The molecule has 0 radical (unpaired) electrons. The van der Waals surface area contributed by atoms with Gasteiger partial charge in [0, 0.05) is 6.42 Å². The third-order valence-corrected chi connectivity index (χ3v) is 2.68. The molecule has 0 aromatic rings. The van der Waals surface area contributed by atoms with Gasteiger partial charge in [-0.3, -0.25) is 0 Å². The van der Waals surface area contributed by atoms with Crippen molar-refractivity contribution in [1.29, 1.82) is 0 Å². The number of rotatable bonds is 7. The average molecular weight is 202 g/mol. The van der Waals surface area contributed by atoms with E-state index in [-0.39, 0.29) is 16.7 Å². The van der Waals surface area contributed by atoms with E-state index in [1.165, 1.54) is 6.26 Å². The van der Waals surface area contributed by atoms with Crippen LogP contribution in [-0.2, 0) is 4.74 Å². The fourth-order valence-electron chi connectivity index (χ4n) is 1.60. The van der Waals surface area contributed by atoms with Gasteiger partial charge in [-0.05, 0) is 27.7 Å². The molecule has 3 heteroatoms. The first-order chi connectivity index (χ1) is 6.45. The summed E-state index contributed by atoms with van der Waals surface area (Å²) in [6.07, 6.45) is 2.29. The summed E-state index contributed by atoms with van der Waals surface area (Å²) in [4.78, 5) is 0. The Morgan fingerprint density at radius 2 is 1.79 bits per heavy atom. The first-order valence-electron chi connectivity index (χ1n) is 5.27. The van der Waals surface area contributed by atoms with Crippen LogP contribution >= 0.6 is 0 Å². The van der Waals surface area contributed by atoms with E-state index in [4.69, 9.17) is 4.74 Å². The van der Waals surface area contributed by atoms with Crippen LogP contribution in [0.25, 0.3) is 0 Å². The average Bonchev–Trinajstić information content (AvgIpc) is 2.11. The highest BCUT2D eigenvalue weighted by atomic mass is 16.6. The predicted octanol–water partition coefficient (Wildman–Crippen LogP) is 2.56. The number of quaternary nitrogens is 1. The van der Waals surface area contributed by atoms with E-state index in [2.05, 4.69) is 6.58 Å². The van der Waals surface area contributed by atoms with Gasteiger partial charge < -0.3 is 4.74 Å². The minimum atomic E-state index is 0.112. The van der Waals surface area contributed by atoms with Crippen LogP contribution in [-0.4, -0.2) is 35.1 Å². The molecule has 3 nitrogen and oxygen atoms in total. The molecule has 0 aliphatic rings. The molecular weight excluding hydrogens is 178 g/mol. The Kier molecular flexibility index (Phi) is 5.81. The third kappa shape index (κ3) is 3.68. The van der Waals surface area contributed by atoms with Crippen LogP contribution in [0, 0.1) is 0 Å². The second-order valence-corrected chi connectivity index (χ2v) is 4.19. The SMILES string of the molecule is C=COCCC[N+](O)(C(C)C)C(C)C. The summed E-state index contributed by atoms with van der Waals surface area (Å²) in [6, 6.07) is 0.442. The van der Waals surface area contributed by atoms with Crippen molar-refractivity contribution in [3.63, 3.8) is 0 Å². The molecule has 0 aliphatic heterocycles. The molecule has 0 fully saturated rings. The largest absolute Gasteiger partial charge is 0.502 e. The second kappa shape index (κ2) is 6.04. The summed E-state index contributed by atoms with van der Waals surface area (Å²) in [7, 11) is 0. The summed E-state index contributed by atoms with van der Waals surface area (Å²) in [5.41, 5.74) is 0. The molecular formula is C11H24NO2+. The number of hydrogen-bond acceptors (Lipinski definition) is 2. The van der Waals surface area contributed by atoms with Crippen molar-refractivity contribution in [2.45, 2.75) is 46.2 Å². The maximum absolute atomic E-state index is 10.3. The molecule has 0 rings (SSSR count). The van der Waals surface area contributed by atoms with Gasteiger partial charge in [0.1, 0.15) is 18.6 Å². The van der Waals surface area contributed by atoms with Gasteiger partial charge >= 0.3 is 0 Å². The Hall–Kier alpha value is -0.540. The van der Waals surface area contributed by atoms with E-state index in [0.29, 0.717) is 6.61 Å². The van der Waals surface area contributed by atoms with Crippen LogP contribution in [0.5, 0.6) is 0 Å². The van der Waals surface area contributed by atoms with Gasteiger partial charge in [-0.2, -0.15) is 4.65 Å². The smallest absolute Gasteiger partial charge is 0.113 e. The summed E-state index contributed by atoms with van der Waals surface area (Å²) in [5.74, 6) is 0. The van der Waals surface area contributed by atoms with Gasteiger partial charge in [0.15, 0.2) is 0 Å². The first-order valence-corrected chi connectivity index (χ1v) is 5.27. The molecule has 0 aliphatic carbocycles. The number of nitrogens with zero attached hydrogens (tertiary/aromatic N) is 1. The molecule has 0 aromatic heterocycles. The zero-order valence-electron chi connectivity index (χ0n) is 9.86. The lowest BCUT2D eigenvalue weighted by atomic mass is 10.2. The number of ether oxygens (including phenoxy) is 1. The lowest BCUT2D eigenvalue weighted by Crippen LogP contribution is -2.55. The monoisotopic (exact) mass is 202 g/mol. The van der Waals surface area contributed by atoms with Crippen LogP contribution in [0.1, 0.15) is 34.1 Å². The van der Waals surface area contributed by atoms with Crippen molar-refractivity contribution in [3.8, 4) is 0 Å². The normalized spacial score (nSPS) is 12.2. The maximum atomic E-state index is 10.3. The Morgan fingerprint density at radius 3 is 2.14 bits per heavy atom. The molecule has 0 bridgehead atoms. The fraction of sp³-hybridized carbons (Fsp3) is 0.818. The van der Waals surface area contributed by atoms with E-state index < -0.39 is 0 Å². The van der Waals surface area contributed by atoms with E-state index in [0.717, 1.165) is 13.0 Å². The fourth-order valence-corrected chi connectivity index (χ4v) is 1.60. The molecule has 0 atom stereocenters.